The average molecular weight is 497 g/mol. The van der Waals surface area contributed by atoms with Gasteiger partial charge < -0.3 is 9.64 Å². The molecule has 0 bridgehead atoms. The van der Waals surface area contributed by atoms with E-state index in [2.05, 4.69) is 0 Å². The second-order valence-corrected chi connectivity index (χ2v) is 10.8. The average Bonchev–Trinajstić information content (AvgIpc) is 3.18. The number of carbonyl (C=O) groups excluding carboxylic acids is 2. The molecule has 34 heavy (non-hydrogen) atoms. The second-order valence-electron chi connectivity index (χ2n) is 8.29. The lowest BCUT2D eigenvalue weighted by Gasteiger charge is -2.33. The van der Waals surface area contributed by atoms with Gasteiger partial charge >= 0.3 is 0 Å². The van der Waals surface area contributed by atoms with E-state index >= 15 is 0 Å². The zero-order valence-electron chi connectivity index (χ0n) is 18.5. The number of para-hydroxylation sites is 1. The zero-order valence-corrected chi connectivity index (χ0v) is 20.1. The van der Waals surface area contributed by atoms with Crippen molar-refractivity contribution in [2.24, 2.45) is 0 Å². The van der Waals surface area contributed by atoms with Crippen LogP contribution in [0.25, 0.3) is 0 Å². The van der Waals surface area contributed by atoms with Gasteiger partial charge in [0.1, 0.15) is 11.5 Å². The summed E-state index contributed by atoms with van der Waals surface area (Å²) in [5, 5.41) is 0.197. The van der Waals surface area contributed by atoms with E-state index in [-0.39, 0.29) is 22.8 Å². The van der Waals surface area contributed by atoms with Gasteiger partial charge in [0.15, 0.2) is 9.84 Å². The minimum absolute atomic E-state index is 0.172. The second kappa shape index (κ2) is 7.85. The molecule has 1 unspecified atom stereocenters. The first-order valence-electron chi connectivity index (χ1n) is 10.6. The molecule has 174 valence electrons. The summed E-state index contributed by atoms with van der Waals surface area (Å²) in [5.74, 6) is -1.79. The van der Waals surface area contributed by atoms with Gasteiger partial charge in [0.2, 0.25) is 5.91 Å². The van der Waals surface area contributed by atoms with Crippen molar-refractivity contribution < 1.29 is 22.7 Å². The molecule has 0 aliphatic carbocycles. The molecule has 0 radical (unpaired) electrons. The molecule has 1 saturated heterocycles. The van der Waals surface area contributed by atoms with Crippen LogP contribution >= 0.6 is 11.6 Å². The number of hydrogen-bond acceptors (Lipinski definition) is 5. The van der Waals surface area contributed by atoms with Crippen molar-refractivity contribution in [2.75, 3.05) is 22.7 Å². The first kappa shape index (κ1) is 22.4. The Bertz CT molecular complexity index is 1460. The third kappa shape index (κ3) is 2.98. The molecule has 3 aromatic carbocycles. The van der Waals surface area contributed by atoms with Crippen molar-refractivity contribution >= 4 is 44.6 Å². The van der Waals surface area contributed by atoms with Gasteiger partial charge in [-0.05, 0) is 42.3 Å². The van der Waals surface area contributed by atoms with Crippen LogP contribution in [0.3, 0.4) is 0 Å². The maximum atomic E-state index is 14.2. The summed E-state index contributed by atoms with van der Waals surface area (Å²) < 4.78 is 32.5. The van der Waals surface area contributed by atoms with Gasteiger partial charge in [-0.15, -0.1) is 0 Å². The number of fused-ring (bicyclic) bond motifs is 2. The number of amides is 2. The number of nitrogens with zero attached hydrogens (tertiary/aromatic N) is 2. The molecule has 2 amide bonds. The number of anilines is 2. The fourth-order valence-electron chi connectivity index (χ4n) is 4.80. The Hall–Kier alpha value is -3.36. The molecule has 0 N–H and O–H groups in total. The lowest BCUT2D eigenvalue weighted by atomic mass is 10.0. The number of aryl methyl sites for hydroxylation is 1. The molecule has 0 aromatic heterocycles. The predicted octanol–water partition coefficient (Wildman–Crippen LogP) is 3.82. The van der Waals surface area contributed by atoms with Gasteiger partial charge in [-0.1, -0.05) is 54.1 Å². The Morgan fingerprint density at radius 2 is 1.74 bits per heavy atom. The Balaban J connectivity index is 1.74. The summed E-state index contributed by atoms with van der Waals surface area (Å²) in [4.78, 5) is 27.7. The molecule has 2 aliphatic rings. The quantitative estimate of drug-likeness (QED) is 0.548. The largest absolute Gasteiger partial charge is 0.495 e. The number of ether oxygens (including phenoxy) is 1. The maximum Gasteiger partial charge on any atom is 0.274 e. The number of carbonyl (C=O) groups is 2. The summed E-state index contributed by atoms with van der Waals surface area (Å²) in [7, 11) is -2.80. The summed E-state index contributed by atoms with van der Waals surface area (Å²) >= 11 is 6.30. The van der Waals surface area contributed by atoms with E-state index in [1.165, 1.54) is 24.1 Å². The Morgan fingerprint density at radius 1 is 1.03 bits per heavy atom. The number of halogens is 1. The summed E-state index contributed by atoms with van der Waals surface area (Å²) in [6.45, 7) is 2.10. The van der Waals surface area contributed by atoms with Crippen LogP contribution in [0.4, 0.5) is 11.4 Å². The fraction of sp³-hybridized carbons (Fsp3) is 0.200. The van der Waals surface area contributed by atoms with Gasteiger partial charge in [-0.25, -0.2) is 8.42 Å². The first-order valence-corrected chi connectivity index (χ1v) is 12.6. The minimum atomic E-state index is -4.25. The molecule has 0 saturated carbocycles. The van der Waals surface area contributed by atoms with Crippen LogP contribution in [-0.2, 0) is 30.8 Å². The molecule has 1 fully saturated rings. The molecule has 2 aliphatic heterocycles. The van der Waals surface area contributed by atoms with Gasteiger partial charge in [0.05, 0.1) is 24.4 Å². The molecule has 9 heteroatoms. The lowest BCUT2D eigenvalue weighted by Crippen LogP contribution is -2.54. The van der Waals surface area contributed by atoms with E-state index in [1.54, 1.807) is 30.3 Å². The summed E-state index contributed by atoms with van der Waals surface area (Å²) in [6.07, 6.45) is 0. The van der Waals surface area contributed by atoms with Crippen molar-refractivity contribution in [1.29, 1.82) is 0 Å². The van der Waals surface area contributed by atoms with Crippen LogP contribution in [0, 0.1) is 6.92 Å². The number of hydrogen-bond donors (Lipinski definition) is 0. The monoisotopic (exact) mass is 496 g/mol. The van der Waals surface area contributed by atoms with Gasteiger partial charge in [-0.3, -0.25) is 14.5 Å². The summed E-state index contributed by atoms with van der Waals surface area (Å²) in [6, 6.07) is 18.8. The molecular formula is C25H21ClN2O5S. The highest BCUT2D eigenvalue weighted by molar-refractivity contribution is 7.94. The normalized spacial score (nSPS) is 20.8. The number of methoxy groups -OCH3 is 1. The predicted molar refractivity (Wildman–Crippen MR) is 130 cm³/mol. The highest BCUT2D eigenvalue weighted by atomic mass is 35.5. The Kier molecular flexibility index (Phi) is 5.18. The molecule has 7 nitrogen and oxygen atoms in total. The topological polar surface area (TPSA) is 84.0 Å². The highest BCUT2D eigenvalue weighted by Gasteiger charge is 2.69. The molecule has 2 heterocycles. The van der Waals surface area contributed by atoms with Crippen molar-refractivity contribution in [3.63, 3.8) is 0 Å². The number of rotatable bonds is 4. The van der Waals surface area contributed by atoms with Crippen molar-refractivity contribution in [3.05, 3.63) is 88.4 Å². The van der Waals surface area contributed by atoms with E-state index in [0.29, 0.717) is 11.4 Å². The van der Waals surface area contributed by atoms with Crippen LogP contribution in [-0.4, -0.2) is 33.1 Å². The Labute approximate surface area is 202 Å². The standard InChI is InChI=1S/C25H21ClN2O5S/c1-16-7-3-4-8-17(16)14-27-21-10-6-5-9-19(21)25(24(27)30)28(23(29)15-34(25,31)32)18-11-12-22(33-2)20(26)13-18/h3-13H,14-15H2,1-2H3. The smallest absolute Gasteiger partial charge is 0.274 e. The summed E-state index contributed by atoms with van der Waals surface area (Å²) in [5.41, 5.74) is 2.77. The highest BCUT2D eigenvalue weighted by Crippen LogP contribution is 2.53. The van der Waals surface area contributed by atoms with Gasteiger partial charge in [0.25, 0.3) is 10.8 Å². The minimum Gasteiger partial charge on any atom is -0.495 e. The molecule has 1 atom stereocenters. The molecular weight excluding hydrogens is 476 g/mol. The maximum absolute atomic E-state index is 14.2. The first-order chi connectivity index (χ1) is 16.2. The van der Waals surface area contributed by atoms with E-state index in [1.807, 2.05) is 31.2 Å². The van der Waals surface area contributed by atoms with E-state index in [0.717, 1.165) is 16.0 Å². The third-order valence-corrected chi connectivity index (χ3v) is 8.81. The van der Waals surface area contributed by atoms with E-state index in [9.17, 15) is 18.0 Å². The molecule has 1 spiro atoms. The van der Waals surface area contributed by atoms with Crippen LogP contribution in [0.2, 0.25) is 5.02 Å². The van der Waals surface area contributed by atoms with Crippen LogP contribution in [0.5, 0.6) is 5.75 Å². The third-order valence-electron chi connectivity index (χ3n) is 6.41. The van der Waals surface area contributed by atoms with Crippen molar-refractivity contribution in [2.45, 2.75) is 18.3 Å². The zero-order chi connectivity index (χ0) is 24.3. The van der Waals surface area contributed by atoms with Gasteiger partial charge in [-0.2, -0.15) is 0 Å². The Morgan fingerprint density at radius 3 is 2.44 bits per heavy atom. The molecule has 5 rings (SSSR count). The van der Waals surface area contributed by atoms with Crippen LogP contribution in [0.15, 0.2) is 66.7 Å². The van der Waals surface area contributed by atoms with E-state index < -0.39 is 32.3 Å². The van der Waals surface area contributed by atoms with Crippen molar-refractivity contribution in [3.8, 4) is 5.75 Å². The van der Waals surface area contributed by atoms with E-state index in [4.69, 9.17) is 16.3 Å². The lowest BCUT2D eigenvalue weighted by molar-refractivity contribution is -0.123. The SMILES string of the molecule is COc1ccc(N2C(=O)CS(=O)(=O)C23C(=O)N(Cc2ccccc2C)c2ccccc23)cc1Cl. The molecule has 3 aromatic rings. The van der Waals surface area contributed by atoms with Gasteiger partial charge in [0, 0.05) is 11.3 Å². The number of sulfone groups is 1. The van der Waals surface area contributed by atoms with Crippen LogP contribution < -0.4 is 14.5 Å². The van der Waals surface area contributed by atoms with Crippen molar-refractivity contribution in [1.82, 2.24) is 0 Å². The number of benzene rings is 3. The van der Waals surface area contributed by atoms with Crippen LogP contribution in [0.1, 0.15) is 16.7 Å². The fourth-order valence-corrected chi connectivity index (χ4v) is 7.09.